The summed E-state index contributed by atoms with van der Waals surface area (Å²) in [5, 5.41) is 5.95. The van der Waals surface area contributed by atoms with E-state index >= 15 is 0 Å². The van der Waals surface area contributed by atoms with Gasteiger partial charge in [0.1, 0.15) is 17.7 Å². The van der Waals surface area contributed by atoms with E-state index in [1.807, 2.05) is 37.6 Å². The van der Waals surface area contributed by atoms with Gasteiger partial charge in [-0.05, 0) is 25.1 Å². The number of benzene rings is 1. The number of rotatable bonds is 2. The molecule has 0 aliphatic carbocycles. The summed E-state index contributed by atoms with van der Waals surface area (Å²) in [6.45, 7) is 4.21. The Morgan fingerprint density at radius 3 is 2.96 bits per heavy atom. The summed E-state index contributed by atoms with van der Waals surface area (Å²) in [6, 6.07) is 5.71. The zero-order valence-electron chi connectivity index (χ0n) is 13.6. The quantitative estimate of drug-likeness (QED) is 0.716. The van der Waals surface area contributed by atoms with Crippen molar-refractivity contribution in [3.8, 4) is 0 Å². The highest BCUT2D eigenvalue weighted by atomic mass is 35.5. The Bertz CT molecular complexity index is 896. The molecule has 124 valence electrons. The van der Waals surface area contributed by atoms with Crippen molar-refractivity contribution in [2.24, 2.45) is 7.05 Å². The standard InChI is InChI=1S/C17H18ClN5O/c1-17(12-8-21-22(2)9-12)10-23(5-6-24-17)16-14-4-3-13(18)7-15(14)19-11-20-16/h3-4,7-9,11H,5-6,10H2,1-2H3. The minimum absolute atomic E-state index is 0.420. The Hall–Kier alpha value is -2.18. The van der Waals surface area contributed by atoms with Gasteiger partial charge in [0.05, 0.1) is 24.9 Å². The first-order valence-electron chi connectivity index (χ1n) is 7.83. The molecule has 1 fully saturated rings. The molecule has 1 aliphatic heterocycles. The number of nitrogens with zero attached hydrogens (tertiary/aromatic N) is 5. The van der Waals surface area contributed by atoms with Crippen LogP contribution < -0.4 is 4.90 Å². The molecular formula is C17H18ClN5O. The van der Waals surface area contributed by atoms with Gasteiger partial charge >= 0.3 is 0 Å². The summed E-state index contributed by atoms with van der Waals surface area (Å²) in [6.07, 6.45) is 5.45. The van der Waals surface area contributed by atoms with Crippen molar-refractivity contribution in [2.75, 3.05) is 24.6 Å². The van der Waals surface area contributed by atoms with E-state index in [1.165, 1.54) is 0 Å². The third kappa shape index (κ3) is 2.61. The van der Waals surface area contributed by atoms with Crippen molar-refractivity contribution in [1.29, 1.82) is 0 Å². The molecule has 24 heavy (non-hydrogen) atoms. The van der Waals surface area contributed by atoms with Gasteiger partial charge in [-0.1, -0.05) is 11.6 Å². The maximum Gasteiger partial charge on any atom is 0.140 e. The number of halogens is 1. The summed E-state index contributed by atoms with van der Waals surface area (Å²) < 4.78 is 7.88. The van der Waals surface area contributed by atoms with E-state index in [9.17, 15) is 0 Å². The number of anilines is 1. The van der Waals surface area contributed by atoms with Crippen molar-refractivity contribution in [3.05, 3.63) is 47.5 Å². The lowest BCUT2D eigenvalue weighted by molar-refractivity contribution is -0.0467. The lowest BCUT2D eigenvalue weighted by atomic mass is 9.97. The van der Waals surface area contributed by atoms with Gasteiger partial charge in [0.25, 0.3) is 0 Å². The minimum Gasteiger partial charge on any atom is -0.367 e. The number of hydrogen-bond donors (Lipinski definition) is 0. The Morgan fingerprint density at radius 1 is 1.29 bits per heavy atom. The number of morpholine rings is 1. The highest BCUT2D eigenvalue weighted by Crippen LogP contribution is 2.33. The fourth-order valence-electron chi connectivity index (χ4n) is 3.19. The SMILES string of the molecule is Cn1cc(C2(C)CN(c3ncnc4cc(Cl)ccc34)CCO2)cn1. The molecule has 0 saturated carbocycles. The molecule has 0 N–H and O–H groups in total. The largest absolute Gasteiger partial charge is 0.367 e. The normalized spacial score (nSPS) is 21.4. The Balaban J connectivity index is 1.72. The van der Waals surface area contributed by atoms with Crippen LogP contribution in [0.1, 0.15) is 12.5 Å². The summed E-state index contributed by atoms with van der Waals surface area (Å²) in [5.74, 6) is 0.912. The van der Waals surface area contributed by atoms with Crippen LogP contribution in [0.5, 0.6) is 0 Å². The molecule has 1 unspecified atom stereocenters. The second-order valence-corrected chi connectivity index (χ2v) is 6.70. The monoisotopic (exact) mass is 343 g/mol. The lowest BCUT2D eigenvalue weighted by Gasteiger charge is -2.40. The predicted molar refractivity (Wildman–Crippen MR) is 93.3 cm³/mol. The summed E-state index contributed by atoms with van der Waals surface area (Å²) >= 11 is 6.08. The molecule has 0 bridgehead atoms. The summed E-state index contributed by atoms with van der Waals surface area (Å²) in [7, 11) is 1.91. The van der Waals surface area contributed by atoms with Gasteiger partial charge in [0.15, 0.2) is 0 Å². The predicted octanol–water partition coefficient (Wildman–Crippen LogP) is 2.77. The molecule has 4 rings (SSSR count). The molecule has 1 aromatic carbocycles. The number of aryl methyl sites for hydroxylation is 1. The van der Waals surface area contributed by atoms with Crippen LogP contribution in [0.4, 0.5) is 5.82 Å². The highest BCUT2D eigenvalue weighted by Gasteiger charge is 2.36. The summed E-state index contributed by atoms with van der Waals surface area (Å²) in [4.78, 5) is 11.1. The van der Waals surface area contributed by atoms with Crippen LogP contribution in [0.15, 0.2) is 36.9 Å². The van der Waals surface area contributed by atoms with Gasteiger partial charge in [-0.3, -0.25) is 4.68 Å². The molecule has 1 atom stereocenters. The highest BCUT2D eigenvalue weighted by molar-refractivity contribution is 6.31. The second-order valence-electron chi connectivity index (χ2n) is 6.26. The van der Waals surface area contributed by atoms with Crippen LogP contribution >= 0.6 is 11.6 Å². The van der Waals surface area contributed by atoms with Crippen molar-refractivity contribution < 1.29 is 4.74 Å². The first-order valence-corrected chi connectivity index (χ1v) is 8.21. The molecule has 3 heterocycles. The van der Waals surface area contributed by atoms with Gasteiger partial charge in [-0.2, -0.15) is 5.10 Å². The fraction of sp³-hybridized carbons (Fsp3) is 0.353. The van der Waals surface area contributed by atoms with E-state index in [1.54, 1.807) is 11.0 Å². The summed E-state index contributed by atoms with van der Waals surface area (Å²) in [5.41, 5.74) is 1.49. The zero-order chi connectivity index (χ0) is 16.7. The molecule has 0 radical (unpaired) electrons. The van der Waals surface area contributed by atoms with Crippen molar-refractivity contribution in [3.63, 3.8) is 0 Å². The molecule has 1 saturated heterocycles. The number of hydrogen-bond acceptors (Lipinski definition) is 5. The maximum absolute atomic E-state index is 6.09. The number of ether oxygens (including phenoxy) is 1. The molecule has 0 amide bonds. The third-order valence-corrected chi connectivity index (χ3v) is 4.70. The smallest absolute Gasteiger partial charge is 0.140 e. The third-order valence-electron chi connectivity index (χ3n) is 4.47. The molecule has 0 spiro atoms. The van der Waals surface area contributed by atoms with E-state index in [0.717, 1.165) is 28.8 Å². The first-order chi connectivity index (χ1) is 11.5. The second kappa shape index (κ2) is 5.72. The average Bonchev–Trinajstić information content (AvgIpc) is 3.01. The van der Waals surface area contributed by atoms with Crippen LogP contribution in [0.25, 0.3) is 10.9 Å². The van der Waals surface area contributed by atoms with Crippen molar-refractivity contribution >= 4 is 28.3 Å². The van der Waals surface area contributed by atoms with Crippen LogP contribution in [0.2, 0.25) is 5.02 Å². The van der Waals surface area contributed by atoms with Gasteiger partial charge in [-0.15, -0.1) is 0 Å². The molecular weight excluding hydrogens is 326 g/mol. The van der Waals surface area contributed by atoms with Gasteiger partial charge < -0.3 is 9.64 Å². The lowest BCUT2D eigenvalue weighted by Crippen LogP contribution is -2.48. The van der Waals surface area contributed by atoms with Gasteiger partial charge in [-0.25, -0.2) is 9.97 Å². The average molecular weight is 344 g/mol. The molecule has 3 aromatic rings. The molecule has 6 nitrogen and oxygen atoms in total. The first kappa shape index (κ1) is 15.4. The molecule has 2 aromatic heterocycles. The fourth-order valence-corrected chi connectivity index (χ4v) is 3.35. The van der Waals surface area contributed by atoms with E-state index < -0.39 is 5.60 Å². The van der Waals surface area contributed by atoms with E-state index in [4.69, 9.17) is 16.3 Å². The Morgan fingerprint density at radius 2 is 2.17 bits per heavy atom. The number of fused-ring (bicyclic) bond motifs is 1. The van der Waals surface area contributed by atoms with Crippen LogP contribution in [0.3, 0.4) is 0 Å². The number of aromatic nitrogens is 4. The van der Waals surface area contributed by atoms with Crippen LogP contribution in [0, 0.1) is 0 Å². The van der Waals surface area contributed by atoms with Crippen LogP contribution in [-0.2, 0) is 17.4 Å². The Labute approximate surface area is 145 Å². The van der Waals surface area contributed by atoms with E-state index in [0.29, 0.717) is 18.2 Å². The minimum atomic E-state index is -0.420. The topological polar surface area (TPSA) is 56.1 Å². The van der Waals surface area contributed by atoms with E-state index in [-0.39, 0.29) is 0 Å². The molecule has 1 aliphatic rings. The van der Waals surface area contributed by atoms with Gasteiger partial charge in [0.2, 0.25) is 0 Å². The van der Waals surface area contributed by atoms with Crippen LogP contribution in [-0.4, -0.2) is 39.4 Å². The van der Waals surface area contributed by atoms with Crippen molar-refractivity contribution in [2.45, 2.75) is 12.5 Å². The van der Waals surface area contributed by atoms with Gasteiger partial charge in [0, 0.05) is 35.8 Å². The van der Waals surface area contributed by atoms with E-state index in [2.05, 4.69) is 26.9 Å². The molecule has 7 heteroatoms. The van der Waals surface area contributed by atoms with Crippen molar-refractivity contribution in [1.82, 2.24) is 19.7 Å². The zero-order valence-corrected chi connectivity index (χ0v) is 14.4. The Kier molecular flexibility index (Phi) is 3.66. The maximum atomic E-state index is 6.09.